The van der Waals surface area contributed by atoms with Crippen molar-refractivity contribution in [2.45, 2.75) is 0 Å². The van der Waals surface area contributed by atoms with Crippen molar-refractivity contribution in [3.05, 3.63) is 42.0 Å². The van der Waals surface area contributed by atoms with E-state index in [-0.39, 0.29) is 16.8 Å². The number of pyridine rings is 1. The third kappa shape index (κ3) is 1.87. The van der Waals surface area contributed by atoms with Crippen molar-refractivity contribution in [2.75, 3.05) is 0 Å². The predicted molar refractivity (Wildman–Crippen MR) is 57.9 cm³/mol. The summed E-state index contributed by atoms with van der Waals surface area (Å²) < 4.78 is 0. The Labute approximate surface area is 95.6 Å². The Bertz CT molecular complexity index is 543. The van der Waals surface area contributed by atoms with Gasteiger partial charge in [0.15, 0.2) is 0 Å². The number of carboxylic acid groups (broad SMARTS) is 2. The summed E-state index contributed by atoms with van der Waals surface area (Å²) in [5.74, 6) is -2.38. The zero-order valence-corrected chi connectivity index (χ0v) is 8.54. The van der Waals surface area contributed by atoms with Gasteiger partial charge in [-0.05, 0) is 17.7 Å². The lowest BCUT2D eigenvalue weighted by molar-refractivity contribution is 0.0688. The number of carboxylic acids is 2. The molecule has 6 nitrogen and oxygen atoms in total. The van der Waals surface area contributed by atoms with Gasteiger partial charge in [0.2, 0.25) is 0 Å². The maximum absolute atomic E-state index is 11.0. The second-order valence-corrected chi connectivity index (χ2v) is 3.30. The van der Waals surface area contributed by atoms with Crippen LogP contribution in [-0.2, 0) is 0 Å². The van der Waals surface area contributed by atoms with Gasteiger partial charge in [-0.15, -0.1) is 0 Å². The Balaban J connectivity index is 2.69. The lowest BCUT2D eigenvalue weighted by atomic mass is 10.0. The Hall–Kier alpha value is -2.63. The van der Waals surface area contributed by atoms with E-state index in [4.69, 9.17) is 10.2 Å². The number of nitrogens with one attached hydrogen (secondary N) is 1. The van der Waals surface area contributed by atoms with Crippen LogP contribution in [0.25, 0.3) is 11.1 Å². The average Bonchev–Trinajstić information content (AvgIpc) is 2.74. The lowest BCUT2D eigenvalue weighted by Gasteiger charge is -2.02. The van der Waals surface area contributed by atoms with Crippen LogP contribution in [-0.4, -0.2) is 32.1 Å². The second-order valence-electron chi connectivity index (χ2n) is 3.30. The maximum Gasteiger partial charge on any atom is 0.352 e. The summed E-state index contributed by atoms with van der Waals surface area (Å²) in [4.78, 5) is 28.2. The van der Waals surface area contributed by atoms with Crippen molar-refractivity contribution in [1.82, 2.24) is 9.97 Å². The topological polar surface area (TPSA) is 103 Å². The summed E-state index contributed by atoms with van der Waals surface area (Å²) in [6.07, 6.45) is 4.11. The lowest BCUT2D eigenvalue weighted by Crippen LogP contribution is -2.02. The molecule has 0 aromatic carbocycles. The van der Waals surface area contributed by atoms with Crippen LogP contribution in [0.1, 0.15) is 20.8 Å². The first-order valence-electron chi connectivity index (χ1n) is 4.69. The fourth-order valence-electron chi connectivity index (χ4n) is 1.58. The molecule has 0 aliphatic rings. The predicted octanol–water partition coefficient (Wildman–Crippen LogP) is 1.47. The Morgan fingerprint density at radius 3 is 2.29 bits per heavy atom. The quantitative estimate of drug-likeness (QED) is 0.743. The highest BCUT2D eigenvalue weighted by Crippen LogP contribution is 2.27. The molecule has 0 saturated carbocycles. The average molecular weight is 232 g/mol. The summed E-state index contributed by atoms with van der Waals surface area (Å²) in [5, 5.41) is 18.0. The molecule has 0 fully saturated rings. The molecule has 0 unspecified atom stereocenters. The number of hydrogen-bond donors (Lipinski definition) is 3. The van der Waals surface area contributed by atoms with Crippen molar-refractivity contribution in [2.24, 2.45) is 0 Å². The van der Waals surface area contributed by atoms with Crippen molar-refractivity contribution < 1.29 is 19.8 Å². The fourth-order valence-corrected chi connectivity index (χ4v) is 1.58. The summed E-state index contributed by atoms with van der Waals surface area (Å²) >= 11 is 0. The fraction of sp³-hybridized carbons (Fsp3) is 0. The van der Waals surface area contributed by atoms with Crippen LogP contribution in [0.15, 0.2) is 30.7 Å². The molecular formula is C11H8N2O4. The Morgan fingerprint density at radius 2 is 1.76 bits per heavy atom. The van der Waals surface area contributed by atoms with Crippen LogP contribution >= 0.6 is 0 Å². The molecule has 3 N–H and O–H groups in total. The number of nitrogens with zero attached hydrogens (tertiary/aromatic N) is 1. The minimum absolute atomic E-state index is 0.0754. The standard InChI is InChI=1S/C11H8N2O4/c14-10(15)7-5-13-9(11(16)17)8(7)6-1-3-12-4-2-6/h1-5,13H,(H,14,15)(H,16,17). The number of carbonyl (C=O) groups is 2. The van der Waals surface area contributed by atoms with Crippen molar-refractivity contribution in [3.8, 4) is 11.1 Å². The van der Waals surface area contributed by atoms with Gasteiger partial charge in [0.25, 0.3) is 0 Å². The normalized spacial score (nSPS) is 10.1. The molecule has 0 saturated heterocycles. The maximum atomic E-state index is 11.0. The highest BCUT2D eigenvalue weighted by Gasteiger charge is 2.21. The van der Waals surface area contributed by atoms with Crippen LogP contribution in [0.5, 0.6) is 0 Å². The van der Waals surface area contributed by atoms with E-state index in [2.05, 4.69) is 9.97 Å². The summed E-state index contributed by atoms with van der Waals surface area (Å²) in [5.41, 5.74) is 0.436. The van der Waals surface area contributed by atoms with Gasteiger partial charge in [-0.1, -0.05) is 0 Å². The summed E-state index contributed by atoms with van der Waals surface area (Å²) in [7, 11) is 0. The molecule has 0 radical (unpaired) electrons. The molecule has 2 heterocycles. The van der Waals surface area contributed by atoms with Crippen LogP contribution in [0.2, 0.25) is 0 Å². The number of hydrogen-bond acceptors (Lipinski definition) is 3. The molecule has 2 rings (SSSR count). The van der Waals surface area contributed by atoms with Crippen LogP contribution < -0.4 is 0 Å². The van der Waals surface area contributed by atoms with Gasteiger partial charge in [0, 0.05) is 24.2 Å². The highest BCUT2D eigenvalue weighted by molar-refractivity contribution is 6.04. The second kappa shape index (κ2) is 4.09. The van der Waals surface area contributed by atoms with E-state index in [1.54, 1.807) is 12.1 Å². The SMILES string of the molecule is O=C(O)c1c[nH]c(C(=O)O)c1-c1ccncc1. The molecule has 17 heavy (non-hydrogen) atoms. The third-order valence-corrected chi connectivity index (χ3v) is 2.29. The number of aromatic nitrogens is 2. The van der Waals surface area contributed by atoms with E-state index in [0.717, 1.165) is 0 Å². The Kier molecular flexibility index (Phi) is 2.61. The zero-order valence-electron chi connectivity index (χ0n) is 8.54. The van der Waals surface area contributed by atoms with Crippen LogP contribution in [0.3, 0.4) is 0 Å². The van der Waals surface area contributed by atoms with Gasteiger partial charge in [0.05, 0.1) is 5.56 Å². The molecular weight excluding hydrogens is 224 g/mol. The van der Waals surface area contributed by atoms with Gasteiger partial charge in [-0.3, -0.25) is 4.98 Å². The molecule has 0 bridgehead atoms. The van der Waals surface area contributed by atoms with E-state index in [0.29, 0.717) is 5.56 Å². The highest BCUT2D eigenvalue weighted by atomic mass is 16.4. The zero-order chi connectivity index (χ0) is 12.4. The van der Waals surface area contributed by atoms with Crippen LogP contribution in [0.4, 0.5) is 0 Å². The minimum atomic E-state index is -1.20. The molecule has 0 amide bonds. The van der Waals surface area contributed by atoms with E-state index in [1.807, 2.05) is 0 Å². The smallest absolute Gasteiger partial charge is 0.352 e. The monoisotopic (exact) mass is 232 g/mol. The molecule has 0 atom stereocenters. The number of aromatic carboxylic acids is 2. The largest absolute Gasteiger partial charge is 0.478 e. The first-order valence-corrected chi connectivity index (χ1v) is 4.69. The molecule has 0 spiro atoms. The molecule has 2 aromatic rings. The van der Waals surface area contributed by atoms with Gasteiger partial charge in [-0.25, -0.2) is 9.59 Å². The summed E-state index contributed by atoms with van der Waals surface area (Å²) in [6, 6.07) is 3.12. The van der Waals surface area contributed by atoms with E-state index >= 15 is 0 Å². The van der Waals surface area contributed by atoms with Crippen LogP contribution in [0, 0.1) is 0 Å². The number of rotatable bonds is 3. The first kappa shape index (κ1) is 10.9. The molecule has 0 aliphatic heterocycles. The molecule has 6 heteroatoms. The van der Waals surface area contributed by atoms with E-state index in [9.17, 15) is 9.59 Å². The number of H-pyrrole nitrogens is 1. The van der Waals surface area contributed by atoms with Gasteiger partial charge >= 0.3 is 11.9 Å². The summed E-state index contributed by atoms with van der Waals surface area (Å²) in [6.45, 7) is 0. The van der Waals surface area contributed by atoms with Crippen molar-refractivity contribution in [1.29, 1.82) is 0 Å². The van der Waals surface area contributed by atoms with Crippen molar-refractivity contribution in [3.63, 3.8) is 0 Å². The van der Waals surface area contributed by atoms with E-state index < -0.39 is 11.9 Å². The third-order valence-electron chi connectivity index (χ3n) is 2.29. The first-order chi connectivity index (χ1) is 8.11. The Morgan fingerprint density at radius 1 is 1.12 bits per heavy atom. The molecule has 0 aliphatic carbocycles. The van der Waals surface area contributed by atoms with Gasteiger partial charge < -0.3 is 15.2 Å². The molecule has 2 aromatic heterocycles. The molecule has 86 valence electrons. The van der Waals surface area contributed by atoms with Crippen molar-refractivity contribution >= 4 is 11.9 Å². The van der Waals surface area contributed by atoms with Gasteiger partial charge in [0.1, 0.15) is 5.69 Å². The van der Waals surface area contributed by atoms with E-state index in [1.165, 1.54) is 18.6 Å². The minimum Gasteiger partial charge on any atom is -0.478 e. The number of aromatic amines is 1. The van der Waals surface area contributed by atoms with Gasteiger partial charge in [-0.2, -0.15) is 0 Å².